The number of rotatable bonds is 6. The van der Waals surface area contributed by atoms with Gasteiger partial charge in [0.1, 0.15) is 11.4 Å². The summed E-state index contributed by atoms with van der Waals surface area (Å²) in [5, 5.41) is 1.77. The van der Waals surface area contributed by atoms with Crippen molar-refractivity contribution in [2.45, 2.75) is 20.4 Å². The molecular formula is C22H21ClN4O4. The molecule has 9 heteroatoms. The number of nitrogens with zero attached hydrogens (tertiary/aromatic N) is 2. The molecule has 31 heavy (non-hydrogen) atoms. The topological polar surface area (TPSA) is 98.2 Å². The summed E-state index contributed by atoms with van der Waals surface area (Å²) in [6.45, 7) is 4.40. The van der Waals surface area contributed by atoms with Crippen LogP contribution < -0.4 is 15.8 Å². The number of halogens is 1. The maximum absolute atomic E-state index is 13.5. The van der Waals surface area contributed by atoms with E-state index >= 15 is 0 Å². The number of fused-ring (bicyclic) bond motifs is 3. The van der Waals surface area contributed by atoms with Crippen molar-refractivity contribution in [3.8, 4) is 16.9 Å². The van der Waals surface area contributed by atoms with E-state index in [-0.39, 0.29) is 16.1 Å². The Morgan fingerprint density at radius 1 is 1.26 bits per heavy atom. The molecule has 0 aliphatic heterocycles. The molecule has 0 fully saturated rings. The molecule has 0 spiro atoms. The van der Waals surface area contributed by atoms with E-state index in [0.29, 0.717) is 35.7 Å². The minimum Gasteiger partial charge on any atom is -0.497 e. The van der Waals surface area contributed by atoms with E-state index in [2.05, 4.69) is 15.4 Å². The number of methoxy groups -OCH3 is 1. The van der Waals surface area contributed by atoms with E-state index in [4.69, 9.17) is 21.2 Å². The van der Waals surface area contributed by atoms with Crippen LogP contribution in [0.25, 0.3) is 33.1 Å². The number of nitrogens with one attached hydrogen (secondary N) is 2. The minimum atomic E-state index is -0.528. The van der Waals surface area contributed by atoms with E-state index in [1.165, 1.54) is 13.2 Å². The van der Waals surface area contributed by atoms with Crippen molar-refractivity contribution in [3.05, 3.63) is 57.6 Å². The first kappa shape index (κ1) is 20.9. The summed E-state index contributed by atoms with van der Waals surface area (Å²) in [6.07, 6.45) is 3.50. The molecule has 4 rings (SSSR count). The molecule has 0 saturated heterocycles. The van der Waals surface area contributed by atoms with Gasteiger partial charge in [-0.15, -0.1) is 0 Å². The molecule has 3 aromatic heterocycles. The van der Waals surface area contributed by atoms with Gasteiger partial charge >= 0.3 is 0 Å². The highest BCUT2D eigenvalue weighted by molar-refractivity contribution is 6.36. The lowest BCUT2D eigenvalue weighted by Gasteiger charge is -2.15. The zero-order chi connectivity index (χ0) is 22.1. The first-order valence-corrected chi connectivity index (χ1v) is 10.2. The molecule has 0 radical (unpaired) electrons. The second-order valence-electron chi connectivity index (χ2n) is 6.81. The third-order valence-corrected chi connectivity index (χ3v) is 5.48. The Morgan fingerprint density at radius 2 is 2.06 bits per heavy atom. The minimum absolute atomic E-state index is 0.132. The highest BCUT2D eigenvalue weighted by Crippen LogP contribution is 2.35. The van der Waals surface area contributed by atoms with Gasteiger partial charge in [-0.2, -0.15) is 0 Å². The van der Waals surface area contributed by atoms with Crippen LogP contribution in [0.3, 0.4) is 0 Å². The van der Waals surface area contributed by atoms with Crippen LogP contribution >= 0.6 is 11.6 Å². The molecule has 1 amide bonds. The Bertz CT molecular complexity index is 1360. The fourth-order valence-electron chi connectivity index (χ4n) is 3.64. The zero-order valence-electron chi connectivity index (χ0n) is 17.3. The first-order valence-electron chi connectivity index (χ1n) is 9.79. The molecular weight excluding hydrogens is 420 g/mol. The molecule has 0 bridgehead atoms. The van der Waals surface area contributed by atoms with Crippen molar-refractivity contribution in [1.82, 2.24) is 20.0 Å². The molecule has 0 saturated carbocycles. The van der Waals surface area contributed by atoms with Gasteiger partial charge in [-0.3, -0.25) is 14.4 Å². The largest absolute Gasteiger partial charge is 0.497 e. The Kier molecular flexibility index (Phi) is 5.67. The number of hydrogen-bond donors (Lipinski definition) is 2. The molecule has 0 atom stereocenters. The third-order valence-electron chi connectivity index (χ3n) is 5.07. The summed E-state index contributed by atoms with van der Waals surface area (Å²) < 4.78 is 7.03. The molecule has 1 aromatic carbocycles. The number of aryl methyl sites for hydroxylation is 1. The number of hydrogen-bond acceptors (Lipinski definition) is 5. The van der Waals surface area contributed by atoms with Gasteiger partial charge in [-0.05, 0) is 38.1 Å². The number of benzene rings is 1. The van der Waals surface area contributed by atoms with Crippen LogP contribution in [0, 0.1) is 0 Å². The van der Waals surface area contributed by atoms with Crippen LogP contribution in [0.4, 0.5) is 0 Å². The highest BCUT2D eigenvalue weighted by Gasteiger charge is 2.21. The van der Waals surface area contributed by atoms with Crippen LogP contribution in [0.2, 0.25) is 5.02 Å². The van der Waals surface area contributed by atoms with E-state index in [0.717, 1.165) is 16.3 Å². The number of aromatic amines is 1. The number of carbonyl (C=O) groups is 1. The molecule has 0 unspecified atom stereocenters. The lowest BCUT2D eigenvalue weighted by atomic mass is 10.0. The Hall–Kier alpha value is -3.36. The second kappa shape index (κ2) is 8.41. The Morgan fingerprint density at radius 3 is 2.77 bits per heavy atom. The zero-order valence-corrected chi connectivity index (χ0v) is 18.0. The number of H-pyrrole nitrogens is 1. The predicted octanol–water partition coefficient (Wildman–Crippen LogP) is 3.91. The Labute approximate surface area is 182 Å². The molecule has 3 heterocycles. The lowest BCUT2D eigenvalue weighted by Crippen LogP contribution is -2.25. The fourth-order valence-corrected chi connectivity index (χ4v) is 3.94. The van der Waals surface area contributed by atoms with Gasteiger partial charge < -0.3 is 14.3 Å². The van der Waals surface area contributed by atoms with E-state index < -0.39 is 5.91 Å². The van der Waals surface area contributed by atoms with Crippen molar-refractivity contribution in [1.29, 1.82) is 0 Å². The summed E-state index contributed by atoms with van der Waals surface area (Å²) in [5.74, 6) is -0.137. The standard InChI is InChI=1S/C22H21ClN4O4/c1-4-27-19-12(11-25-20-14(19)6-7-24-20)8-16(22(27)29)15-9-13(30-3)10-17(18(15)23)21(28)26-31-5-2/h6-11H,4-5H2,1-3H3,(H,24,25)(H,26,28). The predicted molar refractivity (Wildman–Crippen MR) is 120 cm³/mol. The van der Waals surface area contributed by atoms with Gasteiger partial charge in [0.15, 0.2) is 0 Å². The summed E-state index contributed by atoms with van der Waals surface area (Å²) in [7, 11) is 1.48. The van der Waals surface area contributed by atoms with E-state index in [1.54, 1.807) is 36.0 Å². The number of ether oxygens (including phenoxy) is 1. The maximum atomic E-state index is 13.5. The molecule has 2 N–H and O–H groups in total. The number of aromatic nitrogens is 3. The van der Waals surface area contributed by atoms with Crippen LogP contribution in [0.15, 0.2) is 41.5 Å². The maximum Gasteiger partial charge on any atom is 0.276 e. The second-order valence-corrected chi connectivity index (χ2v) is 7.19. The van der Waals surface area contributed by atoms with Gasteiger partial charge in [-0.1, -0.05) is 11.6 Å². The number of amides is 1. The number of hydroxylamine groups is 1. The van der Waals surface area contributed by atoms with Gasteiger partial charge in [-0.25, -0.2) is 10.5 Å². The van der Waals surface area contributed by atoms with Gasteiger partial charge in [0.2, 0.25) is 0 Å². The summed E-state index contributed by atoms with van der Waals surface area (Å²) >= 11 is 6.60. The SMILES string of the molecule is CCONC(=O)c1cc(OC)cc(-c2cc3cnc4[nH]ccc4c3n(CC)c2=O)c1Cl. The molecule has 0 aliphatic carbocycles. The number of carbonyl (C=O) groups excluding carboxylic acids is 1. The molecule has 0 aliphatic rings. The van der Waals surface area contributed by atoms with Crippen molar-refractivity contribution in [2.75, 3.05) is 13.7 Å². The van der Waals surface area contributed by atoms with Crippen LogP contribution in [-0.2, 0) is 11.4 Å². The lowest BCUT2D eigenvalue weighted by molar-refractivity contribution is 0.0364. The van der Waals surface area contributed by atoms with E-state index in [1.807, 2.05) is 13.0 Å². The van der Waals surface area contributed by atoms with E-state index in [9.17, 15) is 9.59 Å². The first-order chi connectivity index (χ1) is 15.0. The smallest absolute Gasteiger partial charge is 0.276 e. The quantitative estimate of drug-likeness (QED) is 0.443. The monoisotopic (exact) mass is 440 g/mol. The molecule has 4 aromatic rings. The van der Waals surface area contributed by atoms with Gasteiger partial charge in [0.05, 0.1) is 29.8 Å². The van der Waals surface area contributed by atoms with Crippen molar-refractivity contribution >= 4 is 39.4 Å². The van der Waals surface area contributed by atoms with Crippen molar-refractivity contribution in [3.63, 3.8) is 0 Å². The van der Waals surface area contributed by atoms with Crippen molar-refractivity contribution in [2.24, 2.45) is 0 Å². The third kappa shape index (κ3) is 3.54. The summed E-state index contributed by atoms with van der Waals surface area (Å²) in [4.78, 5) is 38.5. The van der Waals surface area contributed by atoms with Crippen LogP contribution in [-0.4, -0.2) is 34.2 Å². The van der Waals surface area contributed by atoms with Crippen LogP contribution in [0.5, 0.6) is 5.75 Å². The fraction of sp³-hybridized carbons (Fsp3) is 0.227. The Balaban J connectivity index is 2.00. The number of pyridine rings is 2. The molecule has 8 nitrogen and oxygen atoms in total. The normalized spacial score (nSPS) is 11.2. The van der Waals surface area contributed by atoms with Crippen LogP contribution in [0.1, 0.15) is 24.2 Å². The van der Waals surface area contributed by atoms with Gasteiger partial charge in [0, 0.05) is 40.8 Å². The average Bonchev–Trinajstić information content (AvgIpc) is 3.26. The van der Waals surface area contributed by atoms with Crippen molar-refractivity contribution < 1.29 is 14.4 Å². The average molecular weight is 441 g/mol. The summed E-state index contributed by atoms with van der Waals surface area (Å²) in [5.41, 5.74) is 4.48. The molecule has 160 valence electrons. The van der Waals surface area contributed by atoms with Gasteiger partial charge in [0.25, 0.3) is 11.5 Å². The highest BCUT2D eigenvalue weighted by atomic mass is 35.5. The summed E-state index contributed by atoms with van der Waals surface area (Å²) in [6, 6.07) is 6.79.